The number of hydrogen-bond donors (Lipinski definition) is 1. The predicted octanol–water partition coefficient (Wildman–Crippen LogP) is 4.97. The van der Waals surface area contributed by atoms with E-state index in [0.29, 0.717) is 19.4 Å². The van der Waals surface area contributed by atoms with Gasteiger partial charge in [0, 0.05) is 37.5 Å². The number of nitrogens with one attached hydrogen (secondary N) is 1. The first kappa shape index (κ1) is 22.4. The van der Waals surface area contributed by atoms with E-state index in [9.17, 15) is 4.39 Å². The van der Waals surface area contributed by atoms with Crippen LogP contribution in [0, 0.1) is 5.82 Å². The van der Waals surface area contributed by atoms with Crippen molar-refractivity contribution in [3.63, 3.8) is 0 Å². The van der Waals surface area contributed by atoms with Crippen molar-refractivity contribution in [1.29, 1.82) is 0 Å². The molecule has 1 atom stereocenters. The molecule has 0 saturated heterocycles. The summed E-state index contributed by atoms with van der Waals surface area (Å²) in [6, 6.07) is 12.3. The van der Waals surface area contributed by atoms with E-state index in [0.717, 1.165) is 34.4 Å². The molecule has 0 spiro atoms. The summed E-state index contributed by atoms with van der Waals surface area (Å²) in [5, 5.41) is 3.30. The highest BCUT2D eigenvalue weighted by molar-refractivity contribution is 5.85. The van der Waals surface area contributed by atoms with E-state index in [-0.39, 0.29) is 24.1 Å². The van der Waals surface area contributed by atoms with Crippen LogP contribution in [0.1, 0.15) is 41.4 Å². The van der Waals surface area contributed by atoms with E-state index in [1.54, 1.807) is 37.0 Å². The van der Waals surface area contributed by atoms with E-state index >= 15 is 0 Å². The third-order valence-corrected chi connectivity index (χ3v) is 4.76. The first-order valence-electron chi connectivity index (χ1n) is 9.79. The number of anilines is 1. The minimum atomic E-state index is -0.238. The summed E-state index contributed by atoms with van der Waals surface area (Å²) in [5.74, 6) is 2.18. The van der Waals surface area contributed by atoms with Gasteiger partial charge >= 0.3 is 0 Å². The highest BCUT2D eigenvalue weighted by Gasteiger charge is 2.12. The Kier molecular flexibility index (Phi) is 7.67. The van der Waals surface area contributed by atoms with Crippen LogP contribution in [0.4, 0.5) is 10.2 Å². The maximum atomic E-state index is 13.2. The van der Waals surface area contributed by atoms with Gasteiger partial charge in [0.2, 0.25) is 0 Å². The lowest BCUT2D eigenvalue weighted by Gasteiger charge is -2.14. The van der Waals surface area contributed by atoms with Crippen molar-refractivity contribution in [2.75, 3.05) is 5.32 Å². The summed E-state index contributed by atoms with van der Waals surface area (Å²) in [6.45, 7) is 2.61. The second-order valence-corrected chi connectivity index (χ2v) is 7.12. The van der Waals surface area contributed by atoms with Gasteiger partial charge in [-0.1, -0.05) is 19.1 Å². The lowest BCUT2D eigenvalue weighted by atomic mass is 9.97. The van der Waals surface area contributed by atoms with E-state index in [1.165, 1.54) is 12.1 Å². The number of furan rings is 1. The SMILES string of the molecule is C[C@H](Cc1nc(Cc2cnccn2)cc(NCc2ccco2)n1)c1ccc(F)cc1.Cl. The summed E-state index contributed by atoms with van der Waals surface area (Å²) in [5.41, 5.74) is 2.74. The topological polar surface area (TPSA) is 76.7 Å². The first-order valence-corrected chi connectivity index (χ1v) is 9.79. The fourth-order valence-corrected chi connectivity index (χ4v) is 3.21. The second-order valence-electron chi connectivity index (χ2n) is 7.12. The van der Waals surface area contributed by atoms with E-state index < -0.39 is 0 Å². The molecule has 0 aliphatic rings. The Bertz CT molecular complexity index is 1080. The lowest BCUT2D eigenvalue weighted by Crippen LogP contribution is -2.10. The van der Waals surface area contributed by atoms with Crippen LogP contribution in [0.5, 0.6) is 0 Å². The molecule has 0 aliphatic carbocycles. The normalized spacial score (nSPS) is 11.5. The minimum Gasteiger partial charge on any atom is -0.467 e. The molecule has 3 heterocycles. The van der Waals surface area contributed by atoms with Gasteiger partial charge in [0.1, 0.15) is 23.2 Å². The molecule has 4 rings (SSSR count). The quantitative estimate of drug-likeness (QED) is 0.417. The van der Waals surface area contributed by atoms with Crippen LogP contribution in [0.15, 0.2) is 71.7 Å². The van der Waals surface area contributed by atoms with Crippen LogP contribution in [-0.4, -0.2) is 19.9 Å². The molecule has 1 N–H and O–H groups in total. The third-order valence-electron chi connectivity index (χ3n) is 4.76. The molecule has 0 amide bonds. The van der Waals surface area contributed by atoms with Crippen LogP contribution in [0.2, 0.25) is 0 Å². The summed E-state index contributed by atoms with van der Waals surface area (Å²) in [4.78, 5) is 17.9. The maximum absolute atomic E-state index is 13.2. The predicted molar refractivity (Wildman–Crippen MR) is 119 cm³/mol. The zero-order valence-electron chi connectivity index (χ0n) is 17.0. The molecule has 0 saturated carbocycles. The molecule has 0 unspecified atom stereocenters. The molecule has 0 bridgehead atoms. The molecular formula is C23H23ClFN5O. The second kappa shape index (κ2) is 10.6. The number of rotatable bonds is 8. The van der Waals surface area contributed by atoms with Gasteiger partial charge in [0.15, 0.2) is 0 Å². The Morgan fingerprint density at radius 3 is 2.61 bits per heavy atom. The third kappa shape index (κ3) is 6.33. The van der Waals surface area contributed by atoms with Gasteiger partial charge in [-0.15, -0.1) is 12.4 Å². The van der Waals surface area contributed by atoms with E-state index in [4.69, 9.17) is 9.40 Å². The average molecular weight is 440 g/mol. The van der Waals surface area contributed by atoms with E-state index in [1.807, 2.05) is 18.2 Å². The molecule has 6 nitrogen and oxygen atoms in total. The maximum Gasteiger partial charge on any atom is 0.131 e. The Labute approximate surface area is 186 Å². The smallest absolute Gasteiger partial charge is 0.131 e. The van der Waals surface area contributed by atoms with Gasteiger partial charge in [-0.05, 0) is 35.7 Å². The Balaban J connectivity index is 0.00000272. The monoisotopic (exact) mass is 439 g/mol. The number of benzene rings is 1. The molecule has 0 aliphatic heterocycles. The molecular weight excluding hydrogens is 417 g/mol. The van der Waals surface area contributed by atoms with Crippen molar-refractivity contribution >= 4 is 18.2 Å². The zero-order chi connectivity index (χ0) is 20.8. The highest BCUT2D eigenvalue weighted by atomic mass is 35.5. The molecule has 4 aromatic rings. The number of hydrogen-bond acceptors (Lipinski definition) is 6. The fourth-order valence-electron chi connectivity index (χ4n) is 3.21. The molecule has 0 fully saturated rings. The van der Waals surface area contributed by atoms with Crippen LogP contribution in [0.3, 0.4) is 0 Å². The van der Waals surface area contributed by atoms with Gasteiger partial charge in [0.05, 0.1) is 24.2 Å². The van der Waals surface area contributed by atoms with Gasteiger partial charge in [-0.3, -0.25) is 9.97 Å². The van der Waals surface area contributed by atoms with Crippen LogP contribution in [-0.2, 0) is 19.4 Å². The van der Waals surface area contributed by atoms with Crippen molar-refractivity contribution in [2.24, 2.45) is 0 Å². The number of halogens is 2. The van der Waals surface area contributed by atoms with Gasteiger partial charge in [-0.2, -0.15) is 0 Å². The summed E-state index contributed by atoms with van der Waals surface area (Å²) >= 11 is 0. The molecule has 31 heavy (non-hydrogen) atoms. The van der Waals surface area contributed by atoms with Crippen molar-refractivity contribution < 1.29 is 8.81 Å². The molecule has 1 aromatic carbocycles. The number of aromatic nitrogens is 4. The molecule has 160 valence electrons. The summed E-state index contributed by atoms with van der Waals surface area (Å²) in [7, 11) is 0. The van der Waals surface area contributed by atoms with Crippen molar-refractivity contribution in [2.45, 2.75) is 32.2 Å². The Morgan fingerprint density at radius 1 is 1.06 bits per heavy atom. The van der Waals surface area contributed by atoms with Crippen molar-refractivity contribution in [3.8, 4) is 0 Å². The molecule has 3 aromatic heterocycles. The minimum absolute atomic E-state index is 0. The first-order chi connectivity index (χ1) is 14.7. The van der Waals surface area contributed by atoms with Crippen molar-refractivity contribution in [1.82, 2.24) is 19.9 Å². The fraction of sp³-hybridized carbons (Fsp3) is 0.217. The van der Waals surface area contributed by atoms with Gasteiger partial charge in [0.25, 0.3) is 0 Å². The average Bonchev–Trinajstić information content (AvgIpc) is 3.27. The zero-order valence-corrected chi connectivity index (χ0v) is 17.8. The summed E-state index contributed by atoms with van der Waals surface area (Å²) in [6.07, 6.45) is 7.89. The van der Waals surface area contributed by atoms with Crippen LogP contribution >= 0.6 is 12.4 Å². The standard InChI is InChI=1S/C23H22FN5O.ClH/c1-16(17-4-6-18(24)7-5-17)11-23-28-19(12-20-14-25-8-9-26-20)13-22(29-23)27-15-21-3-2-10-30-21;/h2-10,13-14,16H,11-12,15H2,1H3,(H,27,28,29);1H/t16-;/m1./s1. The Morgan fingerprint density at radius 2 is 1.90 bits per heavy atom. The largest absolute Gasteiger partial charge is 0.467 e. The van der Waals surface area contributed by atoms with Gasteiger partial charge < -0.3 is 9.73 Å². The molecule has 0 radical (unpaired) electrons. The van der Waals surface area contributed by atoms with Gasteiger partial charge in [-0.25, -0.2) is 14.4 Å². The van der Waals surface area contributed by atoms with Crippen LogP contribution in [0.25, 0.3) is 0 Å². The Hall–Kier alpha value is -3.32. The summed E-state index contributed by atoms with van der Waals surface area (Å²) < 4.78 is 18.6. The lowest BCUT2D eigenvalue weighted by molar-refractivity contribution is 0.517. The van der Waals surface area contributed by atoms with Crippen LogP contribution < -0.4 is 5.32 Å². The van der Waals surface area contributed by atoms with Crippen molar-refractivity contribution in [3.05, 3.63) is 102 Å². The van der Waals surface area contributed by atoms with E-state index in [2.05, 4.69) is 27.2 Å². The highest BCUT2D eigenvalue weighted by Crippen LogP contribution is 2.21. The molecule has 8 heteroatoms. The number of nitrogens with zero attached hydrogens (tertiary/aromatic N) is 4.